The topological polar surface area (TPSA) is 99.5 Å². The van der Waals surface area contributed by atoms with E-state index < -0.39 is 68.0 Å². The van der Waals surface area contributed by atoms with Crippen molar-refractivity contribution >= 4 is 40.4 Å². The van der Waals surface area contributed by atoms with Crippen LogP contribution in [0.5, 0.6) is 0 Å². The standard InChI is InChI=1S/C22H19ClF3N3O5/c1-5-33-20(31)11-9-29(19-10(17(11)30)8-13(25)18(23)28-19)14-7-6-12(24)16(15(14)26)27-21(32)34-22(2,3)4/h6-9H,5H2,1-4H3,(H,27,32). The number of esters is 1. The minimum atomic E-state index is -1.28. The van der Waals surface area contributed by atoms with E-state index in [1.54, 1.807) is 20.8 Å². The lowest BCUT2D eigenvalue weighted by atomic mass is 10.1. The van der Waals surface area contributed by atoms with Gasteiger partial charge < -0.3 is 9.47 Å². The van der Waals surface area contributed by atoms with E-state index in [-0.39, 0.29) is 12.3 Å². The first-order valence-corrected chi connectivity index (χ1v) is 10.3. The molecule has 0 unspecified atom stereocenters. The number of amides is 1. The highest BCUT2D eigenvalue weighted by atomic mass is 35.5. The Morgan fingerprint density at radius 3 is 2.47 bits per heavy atom. The highest BCUT2D eigenvalue weighted by molar-refractivity contribution is 6.29. The number of aromatic nitrogens is 2. The average molecular weight is 498 g/mol. The van der Waals surface area contributed by atoms with Crippen LogP contribution in [0.3, 0.4) is 0 Å². The number of fused-ring (bicyclic) bond motifs is 1. The lowest BCUT2D eigenvalue weighted by molar-refractivity contribution is 0.0523. The van der Waals surface area contributed by atoms with Crippen molar-refractivity contribution in [3.8, 4) is 5.69 Å². The first kappa shape index (κ1) is 25.0. The molecule has 0 radical (unpaired) electrons. The third-order valence-electron chi connectivity index (χ3n) is 4.34. The summed E-state index contributed by atoms with van der Waals surface area (Å²) in [5.41, 5.74) is -4.03. The van der Waals surface area contributed by atoms with E-state index in [0.29, 0.717) is 0 Å². The van der Waals surface area contributed by atoms with Crippen molar-refractivity contribution in [3.63, 3.8) is 0 Å². The molecule has 34 heavy (non-hydrogen) atoms. The number of halogens is 4. The van der Waals surface area contributed by atoms with E-state index in [1.165, 1.54) is 6.92 Å². The van der Waals surface area contributed by atoms with Gasteiger partial charge in [-0.05, 0) is 45.9 Å². The van der Waals surface area contributed by atoms with Gasteiger partial charge in [-0.2, -0.15) is 0 Å². The molecule has 180 valence electrons. The summed E-state index contributed by atoms with van der Waals surface area (Å²) in [6.45, 7) is 6.13. The molecule has 8 nitrogen and oxygen atoms in total. The summed E-state index contributed by atoms with van der Waals surface area (Å²) >= 11 is 5.76. The first-order chi connectivity index (χ1) is 15.8. The van der Waals surface area contributed by atoms with Crippen LogP contribution in [-0.2, 0) is 9.47 Å². The van der Waals surface area contributed by atoms with Crippen molar-refractivity contribution in [3.05, 3.63) is 62.8 Å². The smallest absolute Gasteiger partial charge is 0.412 e. The molecule has 2 aromatic heterocycles. The predicted octanol–water partition coefficient (Wildman–Crippen LogP) is 4.98. The molecule has 3 rings (SSSR count). The molecule has 1 amide bonds. The zero-order chi connectivity index (χ0) is 25.4. The second kappa shape index (κ2) is 9.34. The van der Waals surface area contributed by atoms with E-state index in [0.717, 1.165) is 29.0 Å². The lowest BCUT2D eigenvalue weighted by Gasteiger charge is -2.20. The number of rotatable bonds is 4. The van der Waals surface area contributed by atoms with Crippen molar-refractivity contribution in [2.24, 2.45) is 0 Å². The van der Waals surface area contributed by atoms with Gasteiger partial charge in [0, 0.05) is 6.20 Å². The van der Waals surface area contributed by atoms with Gasteiger partial charge in [0.15, 0.2) is 22.4 Å². The zero-order valence-electron chi connectivity index (χ0n) is 18.5. The maximum absolute atomic E-state index is 15.4. The van der Waals surface area contributed by atoms with Crippen molar-refractivity contribution < 1.29 is 32.2 Å². The maximum Gasteiger partial charge on any atom is 0.412 e. The predicted molar refractivity (Wildman–Crippen MR) is 118 cm³/mol. The number of anilines is 1. The molecule has 1 aromatic carbocycles. The second-order valence-corrected chi connectivity index (χ2v) is 8.33. The third-order valence-corrected chi connectivity index (χ3v) is 4.61. The maximum atomic E-state index is 15.4. The number of hydrogen-bond acceptors (Lipinski definition) is 6. The largest absolute Gasteiger partial charge is 0.462 e. The number of nitrogens with one attached hydrogen (secondary N) is 1. The Morgan fingerprint density at radius 1 is 1.18 bits per heavy atom. The number of benzene rings is 1. The van der Waals surface area contributed by atoms with Crippen LogP contribution in [0.4, 0.5) is 23.7 Å². The molecule has 12 heteroatoms. The molecule has 0 aliphatic rings. The molecule has 0 aliphatic carbocycles. The normalized spacial score (nSPS) is 11.4. The average Bonchev–Trinajstić information content (AvgIpc) is 2.72. The Morgan fingerprint density at radius 2 is 1.85 bits per heavy atom. The van der Waals surface area contributed by atoms with Gasteiger partial charge in [0.25, 0.3) is 0 Å². The SMILES string of the molecule is CCOC(=O)c1cn(-c2ccc(F)c(NC(=O)OC(C)(C)C)c2F)c2nc(Cl)c(F)cc2c1=O. The Balaban J connectivity index is 2.28. The molecule has 0 bridgehead atoms. The van der Waals surface area contributed by atoms with E-state index in [1.807, 2.05) is 5.32 Å². The minimum Gasteiger partial charge on any atom is -0.462 e. The fourth-order valence-corrected chi connectivity index (χ4v) is 3.12. The molecule has 0 aliphatic heterocycles. The van der Waals surface area contributed by atoms with Gasteiger partial charge in [0.05, 0.1) is 17.7 Å². The van der Waals surface area contributed by atoms with Crippen molar-refractivity contribution in [2.75, 3.05) is 11.9 Å². The van der Waals surface area contributed by atoms with Crippen LogP contribution >= 0.6 is 11.6 Å². The van der Waals surface area contributed by atoms with Crippen LogP contribution in [0.15, 0.2) is 29.2 Å². The fourth-order valence-electron chi connectivity index (χ4n) is 2.99. The van der Waals surface area contributed by atoms with Crippen LogP contribution < -0.4 is 10.7 Å². The first-order valence-electron chi connectivity index (χ1n) is 9.91. The molecule has 0 fully saturated rings. The Kier molecular flexibility index (Phi) is 6.87. The van der Waals surface area contributed by atoms with Crippen LogP contribution in [0.25, 0.3) is 16.7 Å². The molecule has 1 N–H and O–H groups in total. The Hall–Kier alpha value is -3.60. The number of nitrogens with zero attached hydrogens (tertiary/aromatic N) is 2. The number of pyridine rings is 2. The van der Waals surface area contributed by atoms with Gasteiger partial charge in [-0.15, -0.1) is 0 Å². The van der Waals surface area contributed by atoms with Gasteiger partial charge >= 0.3 is 12.1 Å². The Labute approximate surface area is 196 Å². The van der Waals surface area contributed by atoms with E-state index >= 15 is 4.39 Å². The van der Waals surface area contributed by atoms with Gasteiger partial charge in [0.1, 0.15) is 22.7 Å². The summed E-state index contributed by atoms with van der Waals surface area (Å²) in [5.74, 6) is -4.51. The van der Waals surface area contributed by atoms with Gasteiger partial charge in [-0.25, -0.2) is 27.7 Å². The van der Waals surface area contributed by atoms with Crippen LogP contribution in [0, 0.1) is 17.5 Å². The summed E-state index contributed by atoms with van der Waals surface area (Å²) in [7, 11) is 0. The molecule has 0 atom stereocenters. The minimum absolute atomic E-state index is 0.0710. The number of carbonyl (C=O) groups is 2. The molecular formula is C22H19ClF3N3O5. The van der Waals surface area contributed by atoms with Crippen molar-refractivity contribution in [1.82, 2.24) is 9.55 Å². The number of carbonyl (C=O) groups excluding carboxylic acids is 2. The van der Waals surface area contributed by atoms with Crippen LogP contribution in [-0.4, -0.2) is 33.8 Å². The second-order valence-electron chi connectivity index (χ2n) is 7.98. The molecule has 0 saturated carbocycles. The monoisotopic (exact) mass is 497 g/mol. The highest BCUT2D eigenvalue weighted by Crippen LogP contribution is 2.28. The summed E-state index contributed by atoms with van der Waals surface area (Å²) in [6.07, 6.45) is -0.208. The van der Waals surface area contributed by atoms with Gasteiger partial charge in [-0.1, -0.05) is 11.6 Å². The Bertz CT molecular complexity index is 1370. The number of hydrogen-bond donors (Lipinski definition) is 1. The van der Waals surface area contributed by atoms with Crippen LogP contribution in [0.2, 0.25) is 5.15 Å². The quantitative estimate of drug-likeness (QED) is 0.403. The number of ether oxygens (including phenoxy) is 2. The van der Waals surface area contributed by atoms with E-state index in [4.69, 9.17) is 21.1 Å². The van der Waals surface area contributed by atoms with Crippen molar-refractivity contribution in [1.29, 1.82) is 0 Å². The van der Waals surface area contributed by atoms with E-state index in [9.17, 15) is 23.2 Å². The zero-order valence-corrected chi connectivity index (χ0v) is 19.2. The molecule has 3 aromatic rings. The summed E-state index contributed by atoms with van der Waals surface area (Å²) in [4.78, 5) is 41.0. The third kappa shape index (κ3) is 4.98. The van der Waals surface area contributed by atoms with E-state index in [2.05, 4.69) is 4.98 Å². The molecular weight excluding hydrogens is 479 g/mol. The van der Waals surface area contributed by atoms with Gasteiger partial charge in [-0.3, -0.25) is 14.7 Å². The van der Waals surface area contributed by atoms with Gasteiger partial charge in [0.2, 0.25) is 5.43 Å². The van der Waals surface area contributed by atoms with Crippen LogP contribution in [0.1, 0.15) is 38.1 Å². The summed E-state index contributed by atoms with van der Waals surface area (Å²) < 4.78 is 54.7. The summed E-state index contributed by atoms with van der Waals surface area (Å²) in [5, 5.41) is 0.968. The molecule has 0 spiro atoms. The van der Waals surface area contributed by atoms with Crippen molar-refractivity contribution in [2.45, 2.75) is 33.3 Å². The highest BCUT2D eigenvalue weighted by Gasteiger charge is 2.25. The lowest BCUT2D eigenvalue weighted by Crippen LogP contribution is -2.28. The molecule has 2 heterocycles. The molecule has 0 saturated heterocycles. The summed E-state index contributed by atoms with van der Waals surface area (Å²) in [6, 6.07) is 2.56. The fraction of sp³-hybridized carbons (Fsp3) is 0.273.